The Bertz CT molecular complexity index is 1410. The number of ether oxygens (including phenoxy) is 1. The van der Waals surface area contributed by atoms with Gasteiger partial charge in [0.1, 0.15) is 0 Å². The monoisotopic (exact) mass is 409 g/mol. The maximum atomic E-state index is 13.0. The number of hydrogen-bond acceptors (Lipinski definition) is 5. The zero-order chi connectivity index (χ0) is 21.5. The van der Waals surface area contributed by atoms with Crippen molar-refractivity contribution in [2.45, 2.75) is 0 Å². The van der Waals surface area contributed by atoms with Crippen LogP contribution in [0.15, 0.2) is 72.9 Å². The van der Waals surface area contributed by atoms with Gasteiger partial charge in [-0.05, 0) is 12.1 Å². The Balaban J connectivity index is 1.43. The number of carbonyl (C=O) groups excluding carboxylic acids is 4. The highest BCUT2D eigenvalue weighted by Gasteiger charge is 2.33. The molecule has 0 aliphatic heterocycles. The SMILES string of the molecule is O=C(OCC(=O)c1c[nH]c2ccccc12)c1cccc2c1C(=O)c1ccccc1C2=O. The summed E-state index contributed by atoms with van der Waals surface area (Å²) in [7, 11) is 0. The topological polar surface area (TPSA) is 93.3 Å². The van der Waals surface area contributed by atoms with E-state index in [1.54, 1.807) is 36.5 Å². The van der Waals surface area contributed by atoms with Crippen molar-refractivity contribution in [1.29, 1.82) is 0 Å². The molecule has 1 heterocycles. The van der Waals surface area contributed by atoms with Crippen molar-refractivity contribution >= 4 is 34.2 Å². The molecule has 0 fully saturated rings. The lowest BCUT2D eigenvalue weighted by Crippen LogP contribution is -2.25. The fraction of sp³-hybridized carbons (Fsp3) is 0.0400. The third-order valence-electron chi connectivity index (χ3n) is 5.40. The zero-order valence-electron chi connectivity index (χ0n) is 16.2. The number of H-pyrrole nitrogens is 1. The Morgan fingerprint density at radius 2 is 1.42 bits per heavy atom. The molecule has 3 aromatic carbocycles. The molecule has 0 unspecified atom stereocenters. The average Bonchev–Trinajstić information content (AvgIpc) is 3.24. The van der Waals surface area contributed by atoms with Crippen molar-refractivity contribution in [2.75, 3.05) is 6.61 Å². The van der Waals surface area contributed by atoms with E-state index in [1.165, 1.54) is 18.2 Å². The second kappa shape index (κ2) is 7.18. The lowest BCUT2D eigenvalue weighted by molar-refractivity contribution is 0.0473. The summed E-state index contributed by atoms with van der Waals surface area (Å²) < 4.78 is 5.23. The van der Waals surface area contributed by atoms with Gasteiger partial charge < -0.3 is 9.72 Å². The van der Waals surface area contributed by atoms with E-state index in [9.17, 15) is 19.2 Å². The minimum absolute atomic E-state index is 0.00995. The molecule has 0 saturated heterocycles. The quantitative estimate of drug-likeness (QED) is 0.358. The summed E-state index contributed by atoms with van der Waals surface area (Å²) >= 11 is 0. The molecule has 1 aliphatic carbocycles. The van der Waals surface area contributed by atoms with Crippen LogP contribution >= 0.6 is 0 Å². The number of nitrogens with one attached hydrogen (secondary N) is 1. The molecule has 0 radical (unpaired) electrons. The molecule has 1 N–H and O–H groups in total. The van der Waals surface area contributed by atoms with Crippen molar-refractivity contribution in [2.24, 2.45) is 0 Å². The smallest absolute Gasteiger partial charge is 0.339 e. The first-order chi connectivity index (χ1) is 15.1. The summed E-state index contributed by atoms with van der Waals surface area (Å²) in [5.74, 6) is -1.94. The molecule has 0 saturated carbocycles. The predicted octanol–water partition coefficient (Wildman–Crippen LogP) is 3.98. The Morgan fingerprint density at radius 1 is 0.742 bits per heavy atom. The Kier molecular flexibility index (Phi) is 4.33. The van der Waals surface area contributed by atoms with Crippen LogP contribution < -0.4 is 0 Å². The fourth-order valence-electron chi connectivity index (χ4n) is 3.90. The maximum absolute atomic E-state index is 13.0. The summed E-state index contributed by atoms with van der Waals surface area (Å²) in [6, 6.07) is 18.3. The minimum atomic E-state index is -0.828. The van der Waals surface area contributed by atoms with E-state index >= 15 is 0 Å². The minimum Gasteiger partial charge on any atom is -0.454 e. The Morgan fingerprint density at radius 3 is 2.23 bits per heavy atom. The molecule has 0 spiro atoms. The van der Waals surface area contributed by atoms with E-state index < -0.39 is 18.4 Å². The number of rotatable bonds is 4. The van der Waals surface area contributed by atoms with Gasteiger partial charge in [0.05, 0.1) is 5.56 Å². The van der Waals surface area contributed by atoms with Crippen LogP contribution in [0, 0.1) is 0 Å². The van der Waals surface area contributed by atoms with Gasteiger partial charge in [-0.1, -0.05) is 54.6 Å². The van der Waals surface area contributed by atoms with Gasteiger partial charge >= 0.3 is 5.97 Å². The highest BCUT2D eigenvalue weighted by molar-refractivity contribution is 6.30. The fourth-order valence-corrected chi connectivity index (χ4v) is 3.90. The number of Topliss-reactive ketones (excluding diaryl/α,β-unsaturated/α-hetero) is 1. The Hall–Kier alpha value is -4.32. The molecule has 1 aliphatic rings. The first-order valence-corrected chi connectivity index (χ1v) is 9.64. The van der Waals surface area contributed by atoms with Crippen LogP contribution in [0.5, 0.6) is 0 Å². The van der Waals surface area contributed by atoms with Crippen molar-refractivity contribution < 1.29 is 23.9 Å². The van der Waals surface area contributed by atoms with Crippen LogP contribution in [0.25, 0.3) is 10.9 Å². The molecule has 4 aromatic rings. The molecule has 5 rings (SSSR count). The summed E-state index contributed by atoms with van der Waals surface area (Å²) in [4.78, 5) is 54.2. The molecule has 31 heavy (non-hydrogen) atoms. The van der Waals surface area contributed by atoms with E-state index in [4.69, 9.17) is 4.74 Å². The molecule has 0 atom stereocenters. The number of para-hydroxylation sites is 1. The zero-order valence-corrected chi connectivity index (χ0v) is 16.2. The van der Waals surface area contributed by atoms with Gasteiger partial charge in [-0.15, -0.1) is 0 Å². The van der Waals surface area contributed by atoms with Gasteiger partial charge in [0.25, 0.3) is 0 Å². The van der Waals surface area contributed by atoms with E-state index in [-0.39, 0.29) is 33.8 Å². The van der Waals surface area contributed by atoms with E-state index in [2.05, 4.69) is 4.98 Å². The van der Waals surface area contributed by atoms with Crippen LogP contribution in [0.1, 0.15) is 52.6 Å². The second-order valence-electron chi connectivity index (χ2n) is 7.18. The normalized spacial score (nSPS) is 12.4. The van der Waals surface area contributed by atoms with Crippen LogP contribution in [0.4, 0.5) is 0 Å². The lowest BCUT2D eigenvalue weighted by atomic mass is 9.82. The van der Waals surface area contributed by atoms with Gasteiger partial charge in [-0.2, -0.15) is 0 Å². The number of fused-ring (bicyclic) bond motifs is 3. The third-order valence-corrected chi connectivity index (χ3v) is 5.40. The van der Waals surface area contributed by atoms with Gasteiger partial charge in [0.2, 0.25) is 5.78 Å². The van der Waals surface area contributed by atoms with Crippen molar-refractivity contribution in [3.8, 4) is 0 Å². The summed E-state index contributed by atoms with van der Waals surface area (Å²) in [5.41, 5.74) is 1.90. The molecule has 150 valence electrons. The van der Waals surface area contributed by atoms with Crippen LogP contribution in [-0.2, 0) is 4.74 Å². The van der Waals surface area contributed by atoms with Gasteiger partial charge in [0.15, 0.2) is 18.2 Å². The van der Waals surface area contributed by atoms with Crippen molar-refractivity contribution in [3.05, 3.63) is 106 Å². The van der Waals surface area contributed by atoms with E-state index in [1.807, 2.05) is 18.2 Å². The van der Waals surface area contributed by atoms with E-state index in [0.717, 1.165) is 10.9 Å². The Labute approximate surface area is 176 Å². The van der Waals surface area contributed by atoms with Crippen LogP contribution in [-0.4, -0.2) is 34.9 Å². The molecule has 0 bridgehead atoms. The standard InChI is InChI=1S/C25H15NO5/c27-21(19-12-26-20-11-4-3-6-14(19)20)13-31-25(30)18-10-5-9-17-22(18)24(29)16-8-2-1-7-15(16)23(17)28/h1-12,26H,13H2. The molecule has 1 aromatic heterocycles. The highest BCUT2D eigenvalue weighted by Crippen LogP contribution is 2.30. The largest absolute Gasteiger partial charge is 0.454 e. The highest BCUT2D eigenvalue weighted by atomic mass is 16.5. The number of esters is 1. The first-order valence-electron chi connectivity index (χ1n) is 9.64. The second-order valence-corrected chi connectivity index (χ2v) is 7.18. The molecule has 6 heteroatoms. The third kappa shape index (κ3) is 2.97. The number of benzene rings is 3. The summed E-state index contributed by atoms with van der Waals surface area (Å²) in [6.45, 7) is -0.483. The molecule has 0 amide bonds. The maximum Gasteiger partial charge on any atom is 0.339 e. The number of ketones is 3. The molecular weight excluding hydrogens is 394 g/mol. The summed E-state index contributed by atoms with van der Waals surface area (Å²) in [5, 5.41) is 0.734. The van der Waals surface area contributed by atoms with Gasteiger partial charge in [-0.25, -0.2) is 4.79 Å². The summed E-state index contributed by atoms with van der Waals surface area (Å²) in [6.07, 6.45) is 1.57. The van der Waals surface area contributed by atoms with Crippen LogP contribution in [0.2, 0.25) is 0 Å². The van der Waals surface area contributed by atoms with Gasteiger partial charge in [-0.3, -0.25) is 14.4 Å². The lowest BCUT2D eigenvalue weighted by Gasteiger charge is -2.19. The average molecular weight is 409 g/mol. The number of hydrogen-bond donors (Lipinski definition) is 1. The van der Waals surface area contributed by atoms with Gasteiger partial charge in [0, 0.05) is 44.9 Å². The first kappa shape index (κ1) is 18.7. The number of aromatic amines is 1. The predicted molar refractivity (Wildman–Crippen MR) is 113 cm³/mol. The van der Waals surface area contributed by atoms with Crippen LogP contribution in [0.3, 0.4) is 0 Å². The van der Waals surface area contributed by atoms with Crippen molar-refractivity contribution in [3.63, 3.8) is 0 Å². The van der Waals surface area contributed by atoms with E-state index in [0.29, 0.717) is 11.1 Å². The van der Waals surface area contributed by atoms with Crippen molar-refractivity contribution in [1.82, 2.24) is 4.98 Å². The number of carbonyl (C=O) groups is 4. The molecule has 6 nitrogen and oxygen atoms in total. The number of aromatic nitrogens is 1. The molecular formula is C25H15NO5.